The van der Waals surface area contributed by atoms with Gasteiger partial charge in [0.25, 0.3) is 0 Å². The lowest BCUT2D eigenvalue weighted by Crippen LogP contribution is -2.37. The Morgan fingerprint density at radius 1 is 1.21 bits per heavy atom. The third-order valence-corrected chi connectivity index (χ3v) is 4.96. The average molecular weight is 384 g/mol. The minimum atomic E-state index is -0.473. The van der Waals surface area contributed by atoms with Crippen LogP contribution in [-0.2, 0) is 9.53 Å². The summed E-state index contributed by atoms with van der Waals surface area (Å²) in [6, 6.07) is 11.5. The number of nitrogens with zero attached hydrogens (tertiary/aromatic N) is 1. The Labute approximate surface area is 165 Å². The maximum Gasteiger partial charge on any atom is 0.407 e. The number of benzene rings is 1. The average Bonchev–Trinajstić information content (AvgIpc) is 3.05. The second kappa shape index (κ2) is 8.04. The third kappa shape index (κ3) is 4.91. The molecule has 0 aliphatic heterocycles. The van der Waals surface area contributed by atoms with Gasteiger partial charge in [0.2, 0.25) is 5.91 Å². The number of rotatable bonds is 5. The van der Waals surface area contributed by atoms with E-state index in [9.17, 15) is 9.59 Å². The zero-order valence-electron chi connectivity index (χ0n) is 16.8. The van der Waals surface area contributed by atoms with Crippen LogP contribution in [0.2, 0.25) is 0 Å². The molecule has 7 nitrogen and oxygen atoms in total. The Bertz CT molecular complexity index is 820. The van der Waals surface area contributed by atoms with Crippen LogP contribution in [0.3, 0.4) is 0 Å². The lowest BCUT2D eigenvalue weighted by Gasteiger charge is -2.34. The van der Waals surface area contributed by atoms with Crippen LogP contribution in [0.15, 0.2) is 36.4 Å². The molecule has 1 aliphatic rings. The van der Waals surface area contributed by atoms with E-state index in [0.29, 0.717) is 5.82 Å². The molecule has 0 saturated heterocycles. The van der Waals surface area contributed by atoms with Gasteiger partial charge in [-0.15, -0.1) is 0 Å². The van der Waals surface area contributed by atoms with E-state index in [2.05, 4.69) is 20.8 Å². The Morgan fingerprint density at radius 2 is 1.89 bits per heavy atom. The van der Waals surface area contributed by atoms with Gasteiger partial charge in [-0.1, -0.05) is 51.1 Å². The van der Waals surface area contributed by atoms with E-state index in [4.69, 9.17) is 4.74 Å². The Hall–Kier alpha value is -2.83. The van der Waals surface area contributed by atoms with Gasteiger partial charge in [-0.05, 0) is 25.3 Å². The van der Waals surface area contributed by atoms with Crippen LogP contribution in [0.25, 0.3) is 0 Å². The summed E-state index contributed by atoms with van der Waals surface area (Å²) < 4.78 is 5.49. The van der Waals surface area contributed by atoms with Gasteiger partial charge in [-0.25, -0.2) is 4.79 Å². The van der Waals surface area contributed by atoms with E-state index in [-0.39, 0.29) is 24.0 Å². The number of ether oxygens (including phenoxy) is 1. The maximum atomic E-state index is 12.1. The van der Waals surface area contributed by atoms with E-state index < -0.39 is 11.5 Å². The fourth-order valence-electron chi connectivity index (χ4n) is 3.02. The van der Waals surface area contributed by atoms with Gasteiger partial charge in [-0.3, -0.25) is 9.89 Å². The van der Waals surface area contributed by atoms with E-state index in [1.54, 1.807) is 0 Å². The molecule has 1 saturated carbocycles. The minimum Gasteiger partial charge on any atom is -0.446 e. The molecule has 150 valence electrons. The van der Waals surface area contributed by atoms with Crippen molar-refractivity contribution < 1.29 is 14.3 Å². The van der Waals surface area contributed by atoms with Crippen molar-refractivity contribution in [2.24, 2.45) is 5.41 Å². The first kappa shape index (κ1) is 19.9. The first-order valence-electron chi connectivity index (χ1n) is 9.61. The lowest BCUT2D eigenvalue weighted by molar-refractivity contribution is -0.123. The summed E-state index contributed by atoms with van der Waals surface area (Å²) in [6.07, 6.45) is 0.968. The van der Waals surface area contributed by atoms with Gasteiger partial charge in [0.15, 0.2) is 5.82 Å². The van der Waals surface area contributed by atoms with Crippen LogP contribution in [0.5, 0.6) is 0 Å². The SMILES string of the molecule is C[C@@H](NC(=O)O[C@H]1C[C@@H](c2cc(NC(=O)C(C)(C)C)n[nH]2)C1)c1ccccc1. The molecule has 1 aromatic heterocycles. The van der Waals surface area contributed by atoms with E-state index in [0.717, 1.165) is 24.1 Å². The molecular weight excluding hydrogens is 356 g/mol. The molecule has 0 bridgehead atoms. The predicted molar refractivity (Wildman–Crippen MR) is 107 cm³/mol. The van der Waals surface area contributed by atoms with Crippen LogP contribution >= 0.6 is 0 Å². The topological polar surface area (TPSA) is 96.1 Å². The van der Waals surface area contributed by atoms with Crippen molar-refractivity contribution in [1.29, 1.82) is 0 Å². The first-order valence-corrected chi connectivity index (χ1v) is 9.61. The quantitative estimate of drug-likeness (QED) is 0.722. The minimum absolute atomic E-state index is 0.0791. The van der Waals surface area contributed by atoms with Crippen molar-refractivity contribution in [3.8, 4) is 0 Å². The van der Waals surface area contributed by atoms with Crippen molar-refractivity contribution in [2.45, 2.75) is 58.6 Å². The highest BCUT2D eigenvalue weighted by atomic mass is 16.6. The van der Waals surface area contributed by atoms with Gasteiger partial charge < -0.3 is 15.4 Å². The van der Waals surface area contributed by atoms with Crippen LogP contribution in [0.1, 0.15) is 63.8 Å². The molecule has 0 unspecified atom stereocenters. The van der Waals surface area contributed by atoms with Crippen molar-refractivity contribution in [1.82, 2.24) is 15.5 Å². The zero-order chi connectivity index (χ0) is 20.3. The predicted octanol–water partition coefficient (Wildman–Crippen LogP) is 4.13. The van der Waals surface area contributed by atoms with Gasteiger partial charge in [0.1, 0.15) is 6.10 Å². The van der Waals surface area contributed by atoms with E-state index in [1.165, 1.54) is 0 Å². The molecule has 1 aromatic carbocycles. The molecular formula is C21H28N4O3. The Morgan fingerprint density at radius 3 is 2.54 bits per heavy atom. The first-order chi connectivity index (χ1) is 13.2. The van der Waals surface area contributed by atoms with Crippen molar-refractivity contribution >= 4 is 17.8 Å². The van der Waals surface area contributed by atoms with Crippen molar-refractivity contribution in [3.63, 3.8) is 0 Å². The summed E-state index contributed by atoms with van der Waals surface area (Å²) in [4.78, 5) is 24.1. The molecule has 2 aromatic rings. The number of carbonyl (C=O) groups excluding carboxylic acids is 2. The number of aromatic nitrogens is 2. The third-order valence-electron chi connectivity index (χ3n) is 4.96. The molecule has 1 heterocycles. The zero-order valence-corrected chi connectivity index (χ0v) is 16.8. The molecule has 0 radical (unpaired) electrons. The highest BCUT2D eigenvalue weighted by Gasteiger charge is 2.35. The number of H-pyrrole nitrogens is 1. The smallest absolute Gasteiger partial charge is 0.407 e. The standard InChI is InChI=1S/C21H28N4O3/c1-13(14-8-6-5-7-9-14)22-20(27)28-16-10-15(11-16)17-12-18(25-24-17)23-19(26)21(2,3)4/h5-9,12-13,15-16H,10-11H2,1-4H3,(H,22,27)(H2,23,24,25,26)/t13-,15-,16+/m1/s1. The number of nitrogens with one attached hydrogen (secondary N) is 3. The molecule has 3 N–H and O–H groups in total. The molecule has 0 spiro atoms. The summed E-state index contributed by atoms with van der Waals surface area (Å²) in [5.74, 6) is 0.690. The van der Waals surface area contributed by atoms with Gasteiger partial charge in [0.05, 0.1) is 6.04 Å². The summed E-state index contributed by atoms with van der Waals surface area (Å²) in [7, 11) is 0. The van der Waals surface area contributed by atoms with Crippen LogP contribution in [0, 0.1) is 5.41 Å². The fraction of sp³-hybridized carbons (Fsp3) is 0.476. The monoisotopic (exact) mass is 384 g/mol. The molecule has 1 atom stereocenters. The summed E-state index contributed by atoms with van der Waals surface area (Å²) in [5.41, 5.74) is 1.51. The normalized spacial score (nSPS) is 20.0. The largest absolute Gasteiger partial charge is 0.446 e. The van der Waals surface area contributed by atoms with Gasteiger partial charge in [-0.2, -0.15) is 5.10 Å². The number of aromatic amines is 1. The number of hydrogen-bond acceptors (Lipinski definition) is 4. The molecule has 7 heteroatoms. The van der Waals surface area contributed by atoms with Crippen molar-refractivity contribution in [3.05, 3.63) is 47.7 Å². The van der Waals surface area contributed by atoms with Gasteiger partial charge in [0, 0.05) is 23.1 Å². The van der Waals surface area contributed by atoms with E-state index >= 15 is 0 Å². The number of amides is 2. The number of hydrogen-bond donors (Lipinski definition) is 3. The summed E-state index contributed by atoms with van der Waals surface area (Å²) in [5, 5.41) is 12.8. The van der Waals surface area contributed by atoms with E-state index in [1.807, 2.05) is 64.1 Å². The Kier molecular flexibility index (Phi) is 5.72. The Balaban J connectivity index is 1.43. The number of carbonyl (C=O) groups is 2. The number of alkyl carbamates (subject to hydrolysis) is 1. The maximum absolute atomic E-state index is 12.1. The molecule has 28 heavy (non-hydrogen) atoms. The second-order valence-corrected chi connectivity index (χ2v) is 8.39. The summed E-state index contributed by atoms with van der Waals surface area (Å²) >= 11 is 0. The van der Waals surface area contributed by atoms with Crippen molar-refractivity contribution in [2.75, 3.05) is 5.32 Å². The second-order valence-electron chi connectivity index (χ2n) is 8.39. The van der Waals surface area contributed by atoms with Crippen LogP contribution in [-0.4, -0.2) is 28.3 Å². The highest BCUT2D eigenvalue weighted by Crippen LogP contribution is 2.38. The molecule has 1 fully saturated rings. The summed E-state index contributed by atoms with van der Waals surface area (Å²) in [6.45, 7) is 7.49. The molecule has 3 rings (SSSR count). The van der Waals surface area contributed by atoms with Gasteiger partial charge >= 0.3 is 6.09 Å². The van der Waals surface area contributed by atoms with Crippen LogP contribution in [0.4, 0.5) is 10.6 Å². The molecule has 2 amide bonds. The highest BCUT2D eigenvalue weighted by molar-refractivity contribution is 5.93. The number of anilines is 1. The molecule has 1 aliphatic carbocycles. The van der Waals surface area contributed by atoms with Crippen LogP contribution < -0.4 is 10.6 Å². The fourth-order valence-corrected chi connectivity index (χ4v) is 3.02. The lowest BCUT2D eigenvalue weighted by atomic mass is 9.80.